The molecule has 4 heteroatoms. The predicted molar refractivity (Wildman–Crippen MR) is 92.8 cm³/mol. The summed E-state index contributed by atoms with van der Waals surface area (Å²) in [6.45, 7) is 2.12. The molecule has 1 unspecified atom stereocenters. The molecule has 2 aromatic carbocycles. The second kappa shape index (κ2) is 6.78. The highest BCUT2D eigenvalue weighted by Crippen LogP contribution is 2.34. The lowest BCUT2D eigenvalue weighted by molar-refractivity contribution is 0.405. The van der Waals surface area contributed by atoms with Gasteiger partial charge in [0.05, 0.1) is 13.2 Å². The van der Waals surface area contributed by atoms with E-state index in [1.54, 1.807) is 7.11 Å². The molecule has 2 nitrogen and oxygen atoms in total. The minimum atomic E-state index is 0.0513. The smallest absolute Gasteiger partial charge is 0.124 e. The molecule has 106 valence electrons. The summed E-state index contributed by atoms with van der Waals surface area (Å²) in [6, 6.07) is 12.1. The van der Waals surface area contributed by atoms with E-state index in [-0.39, 0.29) is 6.04 Å². The molecule has 0 saturated heterocycles. The van der Waals surface area contributed by atoms with Gasteiger partial charge < -0.3 is 10.1 Å². The van der Waals surface area contributed by atoms with Crippen molar-refractivity contribution < 1.29 is 4.74 Å². The SMILES string of the molecule is CNC(c1cc(Cl)ccc1OC)c1cccc(C)c1I. The number of rotatable bonds is 4. The van der Waals surface area contributed by atoms with Crippen LogP contribution in [0.1, 0.15) is 22.7 Å². The van der Waals surface area contributed by atoms with Crippen molar-refractivity contribution in [3.8, 4) is 5.75 Å². The molecule has 0 aromatic heterocycles. The number of halogens is 2. The fourth-order valence-electron chi connectivity index (χ4n) is 2.30. The Labute approximate surface area is 138 Å². The van der Waals surface area contributed by atoms with E-state index in [2.05, 4.69) is 53.0 Å². The van der Waals surface area contributed by atoms with E-state index in [0.29, 0.717) is 5.02 Å². The molecule has 1 atom stereocenters. The van der Waals surface area contributed by atoms with E-state index in [4.69, 9.17) is 16.3 Å². The lowest BCUT2D eigenvalue weighted by Crippen LogP contribution is -2.19. The first-order chi connectivity index (χ1) is 9.58. The minimum Gasteiger partial charge on any atom is -0.496 e. The number of hydrogen-bond acceptors (Lipinski definition) is 2. The summed E-state index contributed by atoms with van der Waals surface area (Å²) in [5.74, 6) is 0.839. The fraction of sp³-hybridized carbons (Fsp3) is 0.250. The van der Waals surface area contributed by atoms with E-state index < -0.39 is 0 Å². The van der Waals surface area contributed by atoms with Crippen molar-refractivity contribution in [1.29, 1.82) is 0 Å². The molecular formula is C16H17ClINO. The van der Waals surface area contributed by atoms with Crippen molar-refractivity contribution in [3.63, 3.8) is 0 Å². The van der Waals surface area contributed by atoms with Crippen LogP contribution in [0.25, 0.3) is 0 Å². The Bertz CT molecular complexity index is 615. The van der Waals surface area contributed by atoms with Crippen molar-refractivity contribution in [1.82, 2.24) is 5.32 Å². The molecule has 0 fully saturated rings. The molecule has 0 bridgehead atoms. The lowest BCUT2D eigenvalue weighted by Gasteiger charge is -2.22. The molecule has 0 aliphatic carbocycles. The lowest BCUT2D eigenvalue weighted by atomic mass is 9.96. The van der Waals surface area contributed by atoms with Gasteiger partial charge in [-0.3, -0.25) is 0 Å². The Morgan fingerprint density at radius 1 is 1.20 bits per heavy atom. The van der Waals surface area contributed by atoms with E-state index >= 15 is 0 Å². The van der Waals surface area contributed by atoms with Crippen LogP contribution in [-0.4, -0.2) is 14.2 Å². The first-order valence-electron chi connectivity index (χ1n) is 6.34. The number of nitrogens with one attached hydrogen (secondary N) is 1. The predicted octanol–water partition coefficient (Wildman–Crippen LogP) is 4.57. The summed E-state index contributed by atoms with van der Waals surface area (Å²) < 4.78 is 6.73. The van der Waals surface area contributed by atoms with Crippen LogP contribution in [0.5, 0.6) is 5.75 Å². The highest BCUT2D eigenvalue weighted by atomic mass is 127. The van der Waals surface area contributed by atoms with Crippen LogP contribution in [0.2, 0.25) is 5.02 Å². The summed E-state index contributed by atoms with van der Waals surface area (Å²) in [5.41, 5.74) is 3.55. The molecule has 2 rings (SSSR count). The third kappa shape index (κ3) is 3.10. The molecule has 0 heterocycles. The topological polar surface area (TPSA) is 21.3 Å². The Morgan fingerprint density at radius 2 is 1.95 bits per heavy atom. The Hall–Kier alpha value is -0.780. The van der Waals surface area contributed by atoms with Crippen LogP contribution in [0, 0.1) is 10.5 Å². The van der Waals surface area contributed by atoms with Crippen LogP contribution < -0.4 is 10.1 Å². The Kier molecular flexibility index (Phi) is 5.29. The first kappa shape index (κ1) is 15.6. The molecule has 0 aliphatic heterocycles. The standard InChI is InChI=1S/C16H17ClINO/c1-10-5-4-6-12(15(10)18)16(19-2)13-9-11(17)7-8-14(13)20-3/h4-9,16,19H,1-3H3. The van der Waals surface area contributed by atoms with E-state index in [1.165, 1.54) is 14.7 Å². The van der Waals surface area contributed by atoms with E-state index in [0.717, 1.165) is 11.3 Å². The van der Waals surface area contributed by atoms with Gasteiger partial charge in [0.15, 0.2) is 0 Å². The highest BCUT2D eigenvalue weighted by molar-refractivity contribution is 14.1. The van der Waals surface area contributed by atoms with Gasteiger partial charge >= 0.3 is 0 Å². The summed E-state index contributed by atoms with van der Waals surface area (Å²) in [7, 11) is 3.63. The fourth-order valence-corrected chi connectivity index (χ4v) is 3.15. The third-order valence-electron chi connectivity index (χ3n) is 3.32. The summed E-state index contributed by atoms with van der Waals surface area (Å²) in [5, 5.41) is 4.07. The molecule has 0 amide bonds. The summed E-state index contributed by atoms with van der Waals surface area (Å²) in [4.78, 5) is 0. The van der Waals surface area contributed by atoms with Crippen LogP contribution >= 0.6 is 34.2 Å². The van der Waals surface area contributed by atoms with Gasteiger partial charge in [0.2, 0.25) is 0 Å². The summed E-state index contributed by atoms with van der Waals surface area (Å²) in [6.07, 6.45) is 0. The maximum absolute atomic E-state index is 6.15. The molecule has 0 aliphatic rings. The zero-order valence-corrected chi connectivity index (χ0v) is 14.6. The average Bonchev–Trinajstić information content (AvgIpc) is 2.44. The van der Waals surface area contributed by atoms with Gasteiger partial charge in [-0.05, 0) is 65.9 Å². The molecular weight excluding hydrogens is 385 g/mol. The number of hydrogen-bond donors (Lipinski definition) is 1. The largest absolute Gasteiger partial charge is 0.496 e. The van der Waals surface area contributed by atoms with Gasteiger partial charge in [0.1, 0.15) is 5.75 Å². The van der Waals surface area contributed by atoms with Crippen LogP contribution in [0.3, 0.4) is 0 Å². The second-order valence-corrected chi connectivity index (χ2v) is 6.10. The first-order valence-corrected chi connectivity index (χ1v) is 7.80. The number of methoxy groups -OCH3 is 1. The van der Waals surface area contributed by atoms with Gasteiger partial charge in [-0.2, -0.15) is 0 Å². The van der Waals surface area contributed by atoms with Crippen molar-refractivity contribution in [2.75, 3.05) is 14.2 Å². The van der Waals surface area contributed by atoms with Gasteiger partial charge in [-0.25, -0.2) is 0 Å². The van der Waals surface area contributed by atoms with Gasteiger partial charge in [0.25, 0.3) is 0 Å². The van der Waals surface area contributed by atoms with Crippen LogP contribution in [0.4, 0.5) is 0 Å². The van der Waals surface area contributed by atoms with Crippen molar-refractivity contribution >= 4 is 34.2 Å². The zero-order chi connectivity index (χ0) is 14.7. The Morgan fingerprint density at radius 3 is 2.60 bits per heavy atom. The second-order valence-electron chi connectivity index (χ2n) is 4.59. The van der Waals surface area contributed by atoms with E-state index in [9.17, 15) is 0 Å². The van der Waals surface area contributed by atoms with E-state index in [1.807, 2.05) is 25.2 Å². The maximum Gasteiger partial charge on any atom is 0.124 e. The monoisotopic (exact) mass is 401 g/mol. The Balaban J connectivity index is 2.58. The third-order valence-corrected chi connectivity index (χ3v) is 5.03. The molecule has 0 radical (unpaired) electrons. The number of benzene rings is 2. The zero-order valence-electron chi connectivity index (χ0n) is 11.7. The molecule has 0 saturated carbocycles. The normalized spacial score (nSPS) is 12.2. The minimum absolute atomic E-state index is 0.0513. The van der Waals surface area contributed by atoms with Gasteiger partial charge in [-0.1, -0.05) is 29.8 Å². The van der Waals surface area contributed by atoms with Crippen LogP contribution in [-0.2, 0) is 0 Å². The molecule has 2 aromatic rings. The molecule has 0 spiro atoms. The number of aryl methyl sites for hydroxylation is 1. The summed E-state index contributed by atoms with van der Waals surface area (Å²) >= 11 is 8.54. The highest BCUT2D eigenvalue weighted by Gasteiger charge is 2.19. The van der Waals surface area contributed by atoms with Crippen molar-refractivity contribution in [2.45, 2.75) is 13.0 Å². The number of ether oxygens (including phenoxy) is 1. The molecule has 1 N–H and O–H groups in total. The maximum atomic E-state index is 6.15. The van der Waals surface area contributed by atoms with Crippen LogP contribution in [0.15, 0.2) is 36.4 Å². The average molecular weight is 402 g/mol. The van der Waals surface area contributed by atoms with Gasteiger partial charge in [-0.15, -0.1) is 0 Å². The van der Waals surface area contributed by atoms with Crippen molar-refractivity contribution in [2.24, 2.45) is 0 Å². The quantitative estimate of drug-likeness (QED) is 0.758. The van der Waals surface area contributed by atoms with Crippen molar-refractivity contribution in [3.05, 3.63) is 61.7 Å². The van der Waals surface area contributed by atoms with Gasteiger partial charge in [0, 0.05) is 14.2 Å². The molecule has 20 heavy (non-hydrogen) atoms.